The van der Waals surface area contributed by atoms with Crippen molar-refractivity contribution in [3.63, 3.8) is 0 Å². The fraction of sp³-hybridized carbons (Fsp3) is 0.500. The molecule has 0 spiro atoms. The molecule has 1 fully saturated rings. The van der Waals surface area contributed by atoms with E-state index in [-0.39, 0.29) is 17.6 Å². The van der Waals surface area contributed by atoms with Crippen LogP contribution in [0.3, 0.4) is 0 Å². The highest BCUT2D eigenvalue weighted by Crippen LogP contribution is 2.34. The van der Waals surface area contributed by atoms with Gasteiger partial charge in [-0.3, -0.25) is 0 Å². The van der Waals surface area contributed by atoms with Crippen LogP contribution in [0.15, 0.2) is 10.5 Å². The summed E-state index contributed by atoms with van der Waals surface area (Å²) in [7, 11) is 1.29. The van der Waals surface area contributed by atoms with Crippen LogP contribution in [0.2, 0.25) is 0 Å². The monoisotopic (exact) mass is 255 g/mol. The van der Waals surface area contributed by atoms with Crippen LogP contribution >= 0.6 is 22.0 Å². The van der Waals surface area contributed by atoms with Crippen LogP contribution in [0.25, 0.3) is 0 Å². The second-order valence-corrected chi connectivity index (χ2v) is 6.72. The van der Waals surface area contributed by atoms with Crippen LogP contribution in [0.4, 0.5) is 0 Å². The van der Waals surface area contributed by atoms with Crippen molar-refractivity contribution in [1.29, 1.82) is 0 Å². The van der Waals surface area contributed by atoms with Crippen molar-refractivity contribution >= 4 is 31.1 Å². The molecule has 1 aliphatic heterocycles. The first-order chi connectivity index (χ1) is 6.42. The molecule has 2 rings (SSSR count). The van der Waals surface area contributed by atoms with E-state index >= 15 is 0 Å². The Bertz CT molecular complexity index is 450. The van der Waals surface area contributed by atoms with E-state index in [4.69, 9.17) is 15.4 Å². The normalized spacial score (nSPS) is 20.4. The Morgan fingerprint density at radius 3 is 2.64 bits per heavy atom. The second kappa shape index (κ2) is 3.14. The molecule has 0 radical (unpaired) electrons. The van der Waals surface area contributed by atoms with Crippen molar-refractivity contribution in [3.05, 3.63) is 11.1 Å². The Hall–Kier alpha value is -0.210. The van der Waals surface area contributed by atoms with E-state index in [2.05, 4.69) is 4.98 Å². The lowest BCUT2D eigenvalue weighted by Crippen LogP contribution is -2.45. The van der Waals surface area contributed by atoms with Crippen molar-refractivity contribution in [3.8, 4) is 0 Å². The molecule has 0 bridgehead atoms. The van der Waals surface area contributed by atoms with Crippen LogP contribution < -0.4 is 0 Å². The SMILES string of the molecule is O=S(=O)(Cl)c1ncc(C2(O)COC2)s1. The molecule has 5 nitrogen and oxygen atoms in total. The third kappa shape index (κ3) is 1.66. The molecular weight excluding hydrogens is 250 g/mol. The Morgan fingerprint density at radius 1 is 1.64 bits per heavy atom. The Kier molecular flexibility index (Phi) is 2.31. The van der Waals surface area contributed by atoms with Gasteiger partial charge in [-0.15, -0.1) is 11.3 Å². The molecule has 1 aliphatic rings. The molecule has 0 aliphatic carbocycles. The van der Waals surface area contributed by atoms with E-state index in [0.717, 1.165) is 11.3 Å². The third-order valence-corrected chi connectivity index (χ3v) is 4.96. The number of ether oxygens (including phenoxy) is 1. The number of hydrogen-bond acceptors (Lipinski definition) is 6. The highest BCUT2D eigenvalue weighted by atomic mass is 35.7. The average molecular weight is 256 g/mol. The standard InChI is InChI=1S/C6H6ClNO4S2/c7-14(10,11)5-8-1-4(13-5)6(9)2-12-3-6/h1,9H,2-3H2. The fourth-order valence-electron chi connectivity index (χ4n) is 1.02. The van der Waals surface area contributed by atoms with Crippen molar-refractivity contribution in [1.82, 2.24) is 4.98 Å². The van der Waals surface area contributed by atoms with E-state index in [1.807, 2.05) is 0 Å². The maximum Gasteiger partial charge on any atom is 0.288 e. The zero-order valence-corrected chi connectivity index (χ0v) is 9.19. The van der Waals surface area contributed by atoms with Crippen LogP contribution in [0, 0.1) is 0 Å². The minimum Gasteiger partial charge on any atom is -0.379 e. The summed E-state index contributed by atoms with van der Waals surface area (Å²) >= 11 is 0.862. The summed E-state index contributed by atoms with van der Waals surface area (Å²) < 4.78 is 26.4. The lowest BCUT2D eigenvalue weighted by atomic mass is 10.0. The number of aliphatic hydroxyl groups is 1. The molecule has 1 saturated heterocycles. The molecule has 0 unspecified atom stereocenters. The number of hydrogen-bond donors (Lipinski definition) is 1. The zero-order valence-electron chi connectivity index (χ0n) is 6.81. The first-order valence-corrected chi connectivity index (χ1v) is 6.75. The summed E-state index contributed by atoms with van der Waals surface area (Å²) in [4.78, 5) is 4.08. The molecule has 2 heterocycles. The van der Waals surface area contributed by atoms with E-state index in [1.165, 1.54) is 6.20 Å². The quantitative estimate of drug-likeness (QED) is 0.769. The Morgan fingerprint density at radius 2 is 2.29 bits per heavy atom. The van der Waals surface area contributed by atoms with Crippen LogP contribution in [0.5, 0.6) is 0 Å². The van der Waals surface area contributed by atoms with Gasteiger partial charge >= 0.3 is 0 Å². The summed E-state index contributed by atoms with van der Waals surface area (Å²) in [5.41, 5.74) is -1.09. The highest BCUT2D eigenvalue weighted by molar-refractivity contribution is 8.14. The fourth-order valence-corrected chi connectivity index (χ4v) is 2.98. The first kappa shape index (κ1) is 10.3. The van der Waals surface area contributed by atoms with Gasteiger partial charge < -0.3 is 9.84 Å². The molecule has 14 heavy (non-hydrogen) atoms. The summed E-state index contributed by atoms with van der Waals surface area (Å²) in [6.45, 7) is 0.327. The second-order valence-electron chi connectivity index (χ2n) is 2.95. The van der Waals surface area contributed by atoms with E-state index in [9.17, 15) is 13.5 Å². The molecular formula is C6H6ClNO4S2. The molecule has 78 valence electrons. The molecule has 0 amide bonds. The summed E-state index contributed by atoms with van der Waals surface area (Å²) in [6.07, 6.45) is 1.31. The molecule has 1 aromatic rings. The number of aromatic nitrogens is 1. The van der Waals surface area contributed by atoms with Gasteiger partial charge in [0.15, 0.2) is 0 Å². The van der Waals surface area contributed by atoms with E-state index in [0.29, 0.717) is 4.88 Å². The van der Waals surface area contributed by atoms with Crippen LogP contribution in [-0.2, 0) is 19.4 Å². The van der Waals surface area contributed by atoms with Crippen LogP contribution in [-0.4, -0.2) is 31.7 Å². The largest absolute Gasteiger partial charge is 0.379 e. The van der Waals surface area contributed by atoms with Crippen molar-refractivity contribution in [2.75, 3.05) is 13.2 Å². The Balaban J connectivity index is 2.35. The first-order valence-electron chi connectivity index (χ1n) is 3.63. The molecule has 1 aromatic heterocycles. The average Bonchev–Trinajstić information content (AvgIpc) is 2.46. The minimum absolute atomic E-state index is 0.164. The lowest BCUT2D eigenvalue weighted by molar-refractivity contribution is -0.182. The summed E-state index contributed by atoms with van der Waals surface area (Å²) in [5, 5.41) is 9.77. The van der Waals surface area contributed by atoms with Gasteiger partial charge in [-0.1, -0.05) is 0 Å². The predicted molar refractivity (Wildman–Crippen MR) is 49.9 cm³/mol. The molecule has 0 aromatic carbocycles. The van der Waals surface area contributed by atoms with Gasteiger partial charge in [0.25, 0.3) is 9.05 Å². The van der Waals surface area contributed by atoms with Gasteiger partial charge in [0.05, 0.1) is 18.1 Å². The van der Waals surface area contributed by atoms with Gasteiger partial charge in [0.1, 0.15) is 5.60 Å². The maximum absolute atomic E-state index is 10.9. The van der Waals surface area contributed by atoms with Crippen LogP contribution in [0.1, 0.15) is 4.88 Å². The smallest absolute Gasteiger partial charge is 0.288 e. The molecule has 1 N–H and O–H groups in total. The molecule has 0 atom stereocenters. The van der Waals surface area contributed by atoms with Crippen molar-refractivity contribution in [2.24, 2.45) is 0 Å². The van der Waals surface area contributed by atoms with Crippen molar-refractivity contribution < 1.29 is 18.3 Å². The predicted octanol–water partition coefficient (Wildman–Crippen LogP) is 0.288. The number of thiazole rings is 1. The van der Waals surface area contributed by atoms with Crippen molar-refractivity contribution in [2.45, 2.75) is 9.94 Å². The molecule has 8 heteroatoms. The number of rotatable bonds is 2. The third-order valence-electron chi connectivity index (χ3n) is 1.83. The zero-order chi connectivity index (χ0) is 10.4. The van der Waals surface area contributed by atoms with E-state index < -0.39 is 14.7 Å². The summed E-state index contributed by atoms with van der Waals surface area (Å²) in [6, 6.07) is 0. The minimum atomic E-state index is -3.80. The topological polar surface area (TPSA) is 76.5 Å². The lowest BCUT2D eigenvalue weighted by Gasteiger charge is -2.34. The number of halogens is 1. The van der Waals surface area contributed by atoms with Gasteiger partial charge in [0, 0.05) is 16.9 Å². The highest BCUT2D eigenvalue weighted by Gasteiger charge is 2.40. The maximum atomic E-state index is 10.9. The van der Waals surface area contributed by atoms with Gasteiger partial charge in [-0.05, 0) is 0 Å². The summed E-state index contributed by atoms with van der Waals surface area (Å²) in [5.74, 6) is 0. The number of nitrogens with zero attached hydrogens (tertiary/aromatic N) is 1. The van der Waals surface area contributed by atoms with Gasteiger partial charge in [-0.2, -0.15) is 0 Å². The van der Waals surface area contributed by atoms with Gasteiger partial charge in [0.2, 0.25) is 4.34 Å². The van der Waals surface area contributed by atoms with Gasteiger partial charge in [-0.25, -0.2) is 13.4 Å². The van der Waals surface area contributed by atoms with E-state index in [1.54, 1.807) is 0 Å². The Labute approximate surface area is 88.7 Å². The molecule has 0 saturated carbocycles.